The largest absolute Gasteiger partial charge is 0.493 e. The minimum Gasteiger partial charge on any atom is -0.493 e. The van der Waals surface area contributed by atoms with Crippen LogP contribution in [0.2, 0.25) is 0 Å². The second-order valence-electron chi connectivity index (χ2n) is 7.54. The summed E-state index contributed by atoms with van der Waals surface area (Å²) in [5, 5.41) is 6.56. The Kier molecular flexibility index (Phi) is 9.03. The average molecular weight is 540 g/mol. The molecule has 0 atom stereocenters. The van der Waals surface area contributed by atoms with E-state index in [2.05, 4.69) is 42.5 Å². The van der Waals surface area contributed by atoms with Crippen LogP contribution in [0.3, 0.4) is 0 Å². The lowest BCUT2D eigenvalue weighted by molar-refractivity contribution is -0.118. The monoisotopic (exact) mass is 538 g/mol. The highest BCUT2D eigenvalue weighted by Crippen LogP contribution is 2.31. The summed E-state index contributed by atoms with van der Waals surface area (Å²) in [7, 11) is 1.58. The molecule has 2 N–H and O–H groups in total. The van der Waals surface area contributed by atoms with Crippen molar-refractivity contribution in [2.45, 2.75) is 38.6 Å². The molecule has 1 fully saturated rings. The third-order valence-corrected chi connectivity index (χ3v) is 6.39. The van der Waals surface area contributed by atoms with Gasteiger partial charge in [0.25, 0.3) is 5.91 Å². The summed E-state index contributed by atoms with van der Waals surface area (Å²) < 4.78 is 12.7. The van der Waals surface area contributed by atoms with Gasteiger partial charge in [-0.05, 0) is 71.1 Å². The number of hydrogen-bond acceptors (Lipinski definition) is 4. The molecule has 2 aromatic carbocycles. The van der Waals surface area contributed by atoms with E-state index in [4.69, 9.17) is 9.47 Å². The van der Waals surface area contributed by atoms with Gasteiger partial charge in [-0.25, -0.2) is 0 Å². The summed E-state index contributed by atoms with van der Waals surface area (Å²) >= 11 is 7.13. The Hall–Kier alpha value is -1.57. The number of carbonyl (C=O) groups is 1. The lowest BCUT2D eigenvalue weighted by Crippen LogP contribution is -2.26. The van der Waals surface area contributed by atoms with Crippen LogP contribution in [-0.2, 0) is 11.3 Å². The van der Waals surface area contributed by atoms with Gasteiger partial charge in [-0.1, -0.05) is 47.3 Å². The van der Waals surface area contributed by atoms with E-state index < -0.39 is 0 Å². The molecule has 1 aliphatic carbocycles. The Morgan fingerprint density at radius 2 is 1.83 bits per heavy atom. The Morgan fingerprint density at radius 1 is 1.10 bits per heavy atom. The Balaban J connectivity index is 1.60. The number of anilines is 1. The minimum atomic E-state index is -0.225. The normalized spacial score (nSPS) is 14.4. The van der Waals surface area contributed by atoms with Gasteiger partial charge in [0, 0.05) is 15.5 Å². The average Bonchev–Trinajstić information content (AvgIpc) is 2.75. The van der Waals surface area contributed by atoms with Gasteiger partial charge in [-0.15, -0.1) is 0 Å². The third kappa shape index (κ3) is 6.72. The summed E-state index contributed by atoms with van der Waals surface area (Å²) in [6.45, 7) is 1.60. The highest BCUT2D eigenvalue weighted by Gasteiger charge is 2.16. The number of benzene rings is 2. The zero-order valence-corrected chi connectivity index (χ0v) is 20.4. The summed E-state index contributed by atoms with van der Waals surface area (Å²) in [4.78, 5) is 12.6. The number of nitrogens with one attached hydrogen (secondary N) is 2. The van der Waals surface area contributed by atoms with Crippen LogP contribution >= 0.6 is 31.9 Å². The van der Waals surface area contributed by atoms with E-state index >= 15 is 0 Å². The van der Waals surface area contributed by atoms with E-state index in [-0.39, 0.29) is 12.5 Å². The third-order valence-electron chi connectivity index (χ3n) is 5.30. The van der Waals surface area contributed by atoms with Crippen LogP contribution < -0.4 is 20.1 Å². The van der Waals surface area contributed by atoms with Crippen LogP contribution in [0.4, 0.5) is 5.69 Å². The molecule has 1 saturated carbocycles. The summed E-state index contributed by atoms with van der Waals surface area (Å²) in [6.07, 6.45) is 6.64. The van der Waals surface area contributed by atoms with E-state index in [1.165, 1.54) is 32.1 Å². The van der Waals surface area contributed by atoms with Crippen molar-refractivity contribution >= 4 is 43.5 Å². The zero-order valence-electron chi connectivity index (χ0n) is 17.2. The number of amides is 1. The highest BCUT2D eigenvalue weighted by atomic mass is 79.9. The molecule has 1 amide bonds. The highest BCUT2D eigenvalue weighted by molar-refractivity contribution is 9.11. The molecule has 162 valence electrons. The van der Waals surface area contributed by atoms with Crippen LogP contribution in [0.25, 0.3) is 0 Å². The van der Waals surface area contributed by atoms with Crippen LogP contribution in [0.5, 0.6) is 11.5 Å². The Labute approximate surface area is 195 Å². The molecule has 0 saturated heterocycles. The van der Waals surface area contributed by atoms with Gasteiger partial charge in [0.15, 0.2) is 18.1 Å². The molecule has 0 radical (unpaired) electrons. The first-order valence-corrected chi connectivity index (χ1v) is 11.9. The standard InChI is InChI=1S/C23H28Br2N2O3/c1-29-20-9-5-6-10-21(20)30-15-22(28)27-23-17(11-18(24)12-19(23)25)14-26-13-16-7-3-2-4-8-16/h5-6,9-12,16,26H,2-4,7-8,13-15H2,1H3,(H,27,28). The maximum atomic E-state index is 12.6. The van der Waals surface area contributed by atoms with Gasteiger partial charge in [0.2, 0.25) is 0 Å². The molecule has 0 bridgehead atoms. The molecule has 1 aliphatic rings. The molecule has 3 rings (SSSR count). The number of para-hydroxylation sites is 2. The van der Waals surface area contributed by atoms with Crippen LogP contribution in [0.15, 0.2) is 45.3 Å². The number of rotatable bonds is 9. The molecule has 0 unspecified atom stereocenters. The number of halogens is 2. The SMILES string of the molecule is COc1ccccc1OCC(=O)Nc1c(Br)cc(Br)cc1CNCC1CCCCC1. The minimum absolute atomic E-state index is 0.0994. The smallest absolute Gasteiger partial charge is 0.262 e. The second-order valence-corrected chi connectivity index (χ2v) is 9.31. The number of methoxy groups -OCH3 is 1. The van der Waals surface area contributed by atoms with E-state index in [0.29, 0.717) is 18.0 Å². The fraction of sp³-hybridized carbons (Fsp3) is 0.435. The number of ether oxygens (including phenoxy) is 2. The van der Waals surface area contributed by atoms with Gasteiger partial charge in [-0.3, -0.25) is 4.79 Å². The number of carbonyl (C=O) groups excluding carboxylic acids is 1. The maximum Gasteiger partial charge on any atom is 0.262 e. The first kappa shape index (κ1) is 23.1. The molecular formula is C23H28Br2N2O3. The molecule has 7 heteroatoms. The summed E-state index contributed by atoms with van der Waals surface area (Å²) in [6, 6.07) is 11.3. The lowest BCUT2D eigenvalue weighted by Gasteiger charge is -2.22. The number of hydrogen-bond donors (Lipinski definition) is 2. The molecule has 0 aromatic heterocycles. The van der Waals surface area contributed by atoms with Crippen LogP contribution in [-0.4, -0.2) is 26.2 Å². The van der Waals surface area contributed by atoms with Gasteiger partial charge in [0.1, 0.15) is 0 Å². The van der Waals surface area contributed by atoms with E-state index in [9.17, 15) is 4.79 Å². The van der Waals surface area contributed by atoms with Crippen molar-refractivity contribution in [2.24, 2.45) is 5.92 Å². The molecule has 5 nitrogen and oxygen atoms in total. The molecule has 0 aliphatic heterocycles. The van der Waals surface area contributed by atoms with Gasteiger partial charge in [-0.2, -0.15) is 0 Å². The predicted molar refractivity (Wildman–Crippen MR) is 127 cm³/mol. The second kappa shape index (κ2) is 11.7. The topological polar surface area (TPSA) is 59.6 Å². The van der Waals surface area contributed by atoms with Crippen molar-refractivity contribution < 1.29 is 14.3 Å². The van der Waals surface area contributed by atoms with Gasteiger partial charge >= 0.3 is 0 Å². The van der Waals surface area contributed by atoms with Crippen molar-refractivity contribution in [1.29, 1.82) is 0 Å². The first-order valence-electron chi connectivity index (χ1n) is 10.3. The van der Waals surface area contributed by atoms with Gasteiger partial charge < -0.3 is 20.1 Å². The summed E-state index contributed by atoms with van der Waals surface area (Å²) in [5.74, 6) is 1.67. The van der Waals surface area contributed by atoms with E-state index in [0.717, 1.165) is 32.7 Å². The van der Waals surface area contributed by atoms with Crippen molar-refractivity contribution in [3.05, 3.63) is 50.9 Å². The molecule has 0 heterocycles. The fourth-order valence-corrected chi connectivity index (χ4v) is 5.18. The van der Waals surface area contributed by atoms with Crippen molar-refractivity contribution in [1.82, 2.24) is 5.32 Å². The van der Waals surface area contributed by atoms with Crippen molar-refractivity contribution in [3.63, 3.8) is 0 Å². The van der Waals surface area contributed by atoms with E-state index in [1.54, 1.807) is 19.2 Å². The summed E-state index contributed by atoms with van der Waals surface area (Å²) in [5.41, 5.74) is 1.79. The van der Waals surface area contributed by atoms with Crippen LogP contribution in [0, 0.1) is 5.92 Å². The fourth-order valence-electron chi connectivity index (χ4n) is 3.77. The molecular weight excluding hydrogens is 512 g/mol. The zero-order chi connectivity index (χ0) is 21.3. The van der Waals surface area contributed by atoms with Crippen LogP contribution in [0.1, 0.15) is 37.7 Å². The Morgan fingerprint density at radius 3 is 2.57 bits per heavy atom. The van der Waals surface area contributed by atoms with Gasteiger partial charge in [0.05, 0.1) is 12.8 Å². The predicted octanol–water partition coefficient (Wildman–Crippen LogP) is 5.91. The first-order chi connectivity index (χ1) is 14.6. The lowest BCUT2D eigenvalue weighted by atomic mass is 9.89. The quantitative estimate of drug-likeness (QED) is 0.416. The van der Waals surface area contributed by atoms with Crippen molar-refractivity contribution in [2.75, 3.05) is 25.6 Å². The van der Waals surface area contributed by atoms with Crippen molar-refractivity contribution in [3.8, 4) is 11.5 Å². The molecule has 2 aromatic rings. The molecule has 0 spiro atoms. The molecule has 30 heavy (non-hydrogen) atoms. The van der Waals surface area contributed by atoms with E-state index in [1.807, 2.05) is 24.3 Å². The maximum absolute atomic E-state index is 12.6. The Bertz CT molecular complexity index is 854.